The molecule has 0 unspecified atom stereocenters. The van der Waals surface area contributed by atoms with Crippen molar-refractivity contribution in [3.05, 3.63) is 18.1 Å². The van der Waals surface area contributed by atoms with Crippen molar-refractivity contribution >= 4 is 17.7 Å². The lowest BCUT2D eigenvalue weighted by atomic mass is 10.4. The summed E-state index contributed by atoms with van der Waals surface area (Å²) >= 11 is 0. The van der Waals surface area contributed by atoms with Crippen LogP contribution < -0.4 is 10.6 Å². The molecule has 3 N–H and O–H groups in total. The Hall–Kier alpha value is -2.18. The Balaban J connectivity index is 2.54. The second-order valence-corrected chi connectivity index (χ2v) is 3.67. The number of carbonyl (C=O) groups excluding carboxylic acids is 1. The number of carboxylic acids is 1. The predicted molar refractivity (Wildman–Crippen MR) is 60.8 cm³/mol. The van der Waals surface area contributed by atoms with Gasteiger partial charge in [0.05, 0.1) is 18.9 Å². The van der Waals surface area contributed by atoms with Gasteiger partial charge in [-0.3, -0.25) is 9.78 Å². The van der Waals surface area contributed by atoms with Gasteiger partial charge in [-0.15, -0.1) is 0 Å². The Morgan fingerprint density at radius 2 is 2.12 bits per heavy atom. The maximum atomic E-state index is 11.3. The zero-order valence-corrected chi connectivity index (χ0v) is 9.60. The molecule has 0 saturated heterocycles. The van der Waals surface area contributed by atoms with E-state index < -0.39 is 5.97 Å². The standard InChI is InChI=1S/C10H14N4O3/c1-6(2)13-9(15)5-12-8-4-11-3-7(14-8)10(16)17/h3-4,6H,5H2,1-2H3,(H,12,14)(H,13,15)(H,16,17). The molecule has 0 aliphatic carbocycles. The Kier molecular flexibility index (Phi) is 4.38. The molecular formula is C10H14N4O3. The summed E-state index contributed by atoms with van der Waals surface area (Å²) in [5, 5.41) is 14.1. The van der Waals surface area contributed by atoms with E-state index in [9.17, 15) is 9.59 Å². The van der Waals surface area contributed by atoms with E-state index in [4.69, 9.17) is 5.11 Å². The maximum Gasteiger partial charge on any atom is 0.356 e. The van der Waals surface area contributed by atoms with Gasteiger partial charge in [-0.05, 0) is 13.8 Å². The summed E-state index contributed by atoms with van der Waals surface area (Å²) in [4.78, 5) is 29.4. The topological polar surface area (TPSA) is 104 Å². The fraction of sp³-hybridized carbons (Fsp3) is 0.400. The molecule has 0 aromatic carbocycles. The van der Waals surface area contributed by atoms with Crippen LogP contribution in [0.2, 0.25) is 0 Å². The molecule has 1 amide bonds. The molecule has 92 valence electrons. The predicted octanol–water partition coefficient (Wildman–Crippen LogP) is 0.111. The van der Waals surface area contributed by atoms with Gasteiger partial charge in [0.1, 0.15) is 5.82 Å². The third kappa shape index (κ3) is 4.45. The van der Waals surface area contributed by atoms with Crippen LogP contribution in [-0.2, 0) is 4.79 Å². The first-order valence-electron chi connectivity index (χ1n) is 5.07. The number of rotatable bonds is 5. The number of amides is 1. The summed E-state index contributed by atoms with van der Waals surface area (Å²) in [7, 11) is 0. The molecular weight excluding hydrogens is 224 g/mol. The van der Waals surface area contributed by atoms with Crippen molar-refractivity contribution in [3.63, 3.8) is 0 Å². The summed E-state index contributed by atoms with van der Waals surface area (Å²) in [6, 6.07) is 0.0562. The summed E-state index contributed by atoms with van der Waals surface area (Å²) < 4.78 is 0. The van der Waals surface area contributed by atoms with Crippen LogP contribution in [0.5, 0.6) is 0 Å². The minimum Gasteiger partial charge on any atom is -0.476 e. The lowest BCUT2D eigenvalue weighted by Crippen LogP contribution is -2.35. The van der Waals surface area contributed by atoms with Gasteiger partial charge in [-0.25, -0.2) is 9.78 Å². The highest BCUT2D eigenvalue weighted by atomic mass is 16.4. The van der Waals surface area contributed by atoms with Crippen LogP contribution in [0.15, 0.2) is 12.4 Å². The van der Waals surface area contributed by atoms with Crippen LogP contribution >= 0.6 is 0 Å². The second kappa shape index (κ2) is 5.78. The van der Waals surface area contributed by atoms with Gasteiger partial charge >= 0.3 is 5.97 Å². The molecule has 17 heavy (non-hydrogen) atoms. The highest BCUT2D eigenvalue weighted by Crippen LogP contribution is 2.01. The van der Waals surface area contributed by atoms with Gasteiger partial charge in [0.15, 0.2) is 5.69 Å². The molecule has 0 atom stereocenters. The van der Waals surface area contributed by atoms with Gasteiger partial charge in [0.2, 0.25) is 5.91 Å². The Bertz CT molecular complexity index is 420. The van der Waals surface area contributed by atoms with Crippen molar-refractivity contribution in [2.45, 2.75) is 19.9 Å². The molecule has 1 aromatic rings. The highest BCUT2D eigenvalue weighted by molar-refractivity contribution is 5.85. The quantitative estimate of drug-likeness (QED) is 0.672. The van der Waals surface area contributed by atoms with Crippen molar-refractivity contribution in [3.8, 4) is 0 Å². The zero-order chi connectivity index (χ0) is 12.8. The number of hydrogen-bond acceptors (Lipinski definition) is 5. The van der Waals surface area contributed by atoms with Crippen LogP contribution in [0.3, 0.4) is 0 Å². The third-order valence-corrected chi connectivity index (χ3v) is 1.73. The number of nitrogens with zero attached hydrogens (tertiary/aromatic N) is 2. The van der Waals surface area contributed by atoms with Gasteiger partial charge < -0.3 is 15.7 Å². The van der Waals surface area contributed by atoms with E-state index in [-0.39, 0.29) is 30.0 Å². The van der Waals surface area contributed by atoms with Crippen LogP contribution in [0.25, 0.3) is 0 Å². The lowest BCUT2D eigenvalue weighted by Gasteiger charge is -2.09. The van der Waals surface area contributed by atoms with Crippen LogP contribution in [0.4, 0.5) is 5.82 Å². The normalized spacial score (nSPS) is 10.1. The molecule has 0 saturated carbocycles. The van der Waals surface area contributed by atoms with Crippen molar-refractivity contribution in [2.24, 2.45) is 0 Å². The molecule has 0 bridgehead atoms. The molecule has 0 aliphatic rings. The fourth-order valence-electron chi connectivity index (χ4n) is 1.10. The van der Waals surface area contributed by atoms with Gasteiger partial charge in [0, 0.05) is 6.04 Å². The largest absolute Gasteiger partial charge is 0.476 e. The second-order valence-electron chi connectivity index (χ2n) is 3.67. The average Bonchev–Trinajstić information content (AvgIpc) is 2.26. The molecule has 0 spiro atoms. The van der Waals surface area contributed by atoms with Crippen molar-refractivity contribution in [1.29, 1.82) is 0 Å². The van der Waals surface area contributed by atoms with Gasteiger partial charge in [0.25, 0.3) is 0 Å². The van der Waals surface area contributed by atoms with E-state index in [2.05, 4.69) is 20.6 Å². The minimum absolute atomic E-state index is 0.0237. The first-order valence-corrected chi connectivity index (χ1v) is 5.07. The van der Waals surface area contributed by atoms with Gasteiger partial charge in [-0.1, -0.05) is 0 Å². The monoisotopic (exact) mass is 238 g/mol. The molecule has 0 aliphatic heterocycles. The van der Waals surface area contributed by atoms with E-state index in [0.29, 0.717) is 0 Å². The maximum absolute atomic E-state index is 11.3. The number of carbonyl (C=O) groups is 2. The molecule has 1 rings (SSSR count). The van der Waals surface area contributed by atoms with Gasteiger partial charge in [-0.2, -0.15) is 0 Å². The smallest absolute Gasteiger partial charge is 0.356 e. The van der Waals surface area contributed by atoms with Crippen molar-refractivity contribution in [2.75, 3.05) is 11.9 Å². The number of aromatic carboxylic acids is 1. The fourth-order valence-corrected chi connectivity index (χ4v) is 1.10. The Morgan fingerprint density at radius 1 is 1.41 bits per heavy atom. The number of hydrogen-bond donors (Lipinski definition) is 3. The number of anilines is 1. The van der Waals surface area contributed by atoms with Crippen LogP contribution in [0.1, 0.15) is 24.3 Å². The van der Waals surface area contributed by atoms with E-state index in [1.54, 1.807) is 0 Å². The zero-order valence-electron chi connectivity index (χ0n) is 9.60. The van der Waals surface area contributed by atoms with E-state index in [1.807, 2.05) is 13.8 Å². The SMILES string of the molecule is CC(C)NC(=O)CNc1cncc(C(=O)O)n1. The lowest BCUT2D eigenvalue weighted by molar-refractivity contribution is -0.119. The number of nitrogens with one attached hydrogen (secondary N) is 2. The number of aromatic nitrogens is 2. The highest BCUT2D eigenvalue weighted by Gasteiger charge is 2.07. The molecule has 7 nitrogen and oxygen atoms in total. The van der Waals surface area contributed by atoms with Crippen molar-refractivity contribution in [1.82, 2.24) is 15.3 Å². The molecule has 0 radical (unpaired) electrons. The third-order valence-electron chi connectivity index (χ3n) is 1.73. The summed E-state index contributed by atoms with van der Waals surface area (Å²) in [6.07, 6.45) is 2.50. The summed E-state index contributed by atoms with van der Waals surface area (Å²) in [5.74, 6) is -1.10. The molecule has 7 heteroatoms. The minimum atomic E-state index is -1.16. The molecule has 0 fully saturated rings. The van der Waals surface area contributed by atoms with Crippen molar-refractivity contribution < 1.29 is 14.7 Å². The Morgan fingerprint density at radius 3 is 2.71 bits per heavy atom. The first kappa shape index (κ1) is 12.9. The van der Waals surface area contributed by atoms with E-state index in [1.165, 1.54) is 6.20 Å². The van der Waals surface area contributed by atoms with Crippen LogP contribution in [-0.4, -0.2) is 39.5 Å². The van der Waals surface area contributed by atoms with E-state index in [0.717, 1.165) is 6.20 Å². The van der Waals surface area contributed by atoms with Crippen LogP contribution in [0, 0.1) is 0 Å². The first-order chi connectivity index (χ1) is 7.99. The summed E-state index contributed by atoms with van der Waals surface area (Å²) in [6.45, 7) is 3.72. The summed E-state index contributed by atoms with van der Waals surface area (Å²) in [5.41, 5.74) is -0.167. The molecule has 1 heterocycles. The Labute approximate surface area is 98.3 Å². The molecule has 1 aromatic heterocycles. The average molecular weight is 238 g/mol. The number of carboxylic acid groups (broad SMARTS) is 1. The van der Waals surface area contributed by atoms with E-state index >= 15 is 0 Å².